The first-order valence-corrected chi connectivity index (χ1v) is 3.34. The maximum atomic E-state index is 10.2. The van der Waals surface area contributed by atoms with Crippen LogP contribution in [-0.2, 0) is 11.3 Å². The second kappa shape index (κ2) is 3.82. The Hall–Kier alpha value is -1.42. The summed E-state index contributed by atoms with van der Waals surface area (Å²) >= 11 is 0. The average molecular weight is 166 g/mol. The minimum Gasteiger partial charge on any atom is -0.374 e. The van der Waals surface area contributed by atoms with Gasteiger partial charge in [-0.3, -0.25) is 10.1 Å². The van der Waals surface area contributed by atoms with Crippen LogP contribution >= 0.6 is 0 Å². The lowest BCUT2D eigenvalue weighted by molar-refractivity contribution is -0.384. The molecule has 0 fully saturated rings. The fourth-order valence-corrected chi connectivity index (χ4v) is 0.832. The fraction of sp³-hybridized carbons (Fsp3) is 0.125. The standard InChI is InChI=1S/C8H8NO3/c1-12-6-7-2-4-8(5-3-7)9(10)11/h2-5H,1,6H2. The van der Waals surface area contributed by atoms with Crippen LogP contribution in [0, 0.1) is 17.2 Å². The Morgan fingerprint density at radius 2 is 2.00 bits per heavy atom. The van der Waals surface area contributed by atoms with Gasteiger partial charge in [-0.05, 0) is 17.7 Å². The van der Waals surface area contributed by atoms with E-state index in [0.29, 0.717) is 6.61 Å². The number of nitro groups is 1. The smallest absolute Gasteiger partial charge is 0.269 e. The lowest BCUT2D eigenvalue weighted by Crippen LogP contribution is -1.89. The largest absolute Gasteiger partial charge is 0.374 e. The van der Waals surface area contributed by atoms with Crippen molar-refractivity contribution in [3.05, 3.63) is 47.1 Å². The molecular formula is C8H8NO3. The van der Waals surface area contributed by atoms with Crippen LogP contribution in [0.3, 0.4) is 0 Å². The van der Waals surface area contributed by atoms with Gasteiger partial charge in [0.05, 0.1) is 18.6 Å². The highest BCUT2D eigenvalue weighted by atomic mass is 16.6. The SMILES string of the molecule is [CH2]OCc1ccc([N+](=O)[O-])cc1. The summed E-state index contributed by atoms with van der Waals surface area (Å²) < 4.78 is 4.61. The summed E-state index contributed by atoms with van der Waals surface area (Å²) in [7, 11) is 3.20. The van der Waals surface area contributed by atoms with Gasteiger partial charge in [0.1, 0.15) is 0 Å². The summed E-state index contributed by atoms with van der Waals surface area (Å²) in [6, 6.07) is 6.16. The van der Waals surface area contributed by atoms with Gasteiger partial charge in [-0.2, -0.15) is 0 Å². The maximum Gasteiger partial charge on any atom is 0.269 e. The summed E-state index contributed by atoms with van der Waals surface area (Å²) in [5.41, 5.74) is 0.957. The second-order valence-electron chi connectivity index (χ2n) is 2.27. The quantitative estimate of drug-likeness (QED) is 0.509. The second-order valence-corrected chi connectivity index (χ2v) is 2.27. The van der Waals surface area contributed by atoms with Crippen LogP contribution < -0.4 is 0 Å². The predicted octanol–water partition coefficient (Wildman–Crippen LogP) is 1.90. The first kappa shape index (κ1) is 8.67. The van der Waals surface area contributed by atoms with Gasteiger partial charge in [0, 0.05) is 12.1 Å². The van der Waals surface area contributed by atoms with E-state index >= 15 is 0 Å². The zero-order valence-electron chi connectivity index (χ0n) is 6.40. The molecule has 0 aliphatic heterocycles. The average Bonchev–Trinajstić information content (AvgIpc) is 2.06. The van der Waals surface area contributed by atoms with Crippen molar-refractivity contribution in [2.45, 2.75) is 6.61 Å². The zero-order chi connectivity index (χ0) is 8.97. The minimum absolute atomic E-state index is 0.0859. The van der Waals surface area contributed by atoms with Gasteiger partial charge in [0.15, 0.2) is 0 Å². The molecule has 0 N–H and O–H groups in total. The normalized spacial score (nSPS) is 9.75. The number of non-ortho nitro benzene ring substituents is 1. The van der Waals surface area contributed by atoms with E-state index in [1.165, 1.54) is 12.1 Å². The van der Waals surface area contributed by atoms with Crippen LogP contribution in [0.15, 0.2) is 24.3 Å². The Morgan fingerprint density at radius 3 is 2.42 bits per heavy atom. The fourth-order valence-electron chi connectivity index (χ4n) is 0.832. The van der Waals surface area contributed by atoms with Gasteiger partial charge in [0.2, 0.25) is 0 Å². The van der Waals surface area contributed by atoms with Crippen LogP contribution in [0.1, 0.15) is 5.56 Å². The molecule has 1 aromatic carbocycles. The number of nitrogens with zero attached hydrogens (tertiary/aromatic N) is 1. The van der Waals surface area contributed by atoms with Crippen LogP contribution in [0.5, 0.6) is 0 Å². The molecule has 0 saturated heterocycles. The molecule has 0 atom stereocenters. The monoisotopic (exact) mass is 166 g/mol. The first-order chi connectivity index (χ1) is 5.74. The molecule has 1 radical (unpaired) electrons. The van der Waals surface area contributed by atoms with Crippen molar-refractivity contribution in [1.29, 1.82) is 0 Å². The van der Waals surface area contributed by atoms with Crippen molar-refractivity contribution >= 4 is 5.69 Å². The van der Waals surface area contributed by atoms with Crippen molar-refractivity contribution in [1.82, 2.24) is 0 Å². The van der Waals surface area contributed by atoms with Crippen molar-refractivity contribution < 1.29 is 9.66 Å². The Kier molecular flexibility index (Phi) is 2.76. The maximum absolute atomic E-state index is 10.2. The molecule has 1 rings (SSSR count). The summed E-state index contributed by atoms with van der Waals surface area (Å²) in [6.07, 6.45) is 0. The number of rotatable bonds is 3. The number of hydrogen-bond donors (Lipinski definition) is 0. The van der Waals surface area contributed by atoms with Gasteiger partial charge in [-0.15, -0.1) is 0 Å². The van der Waals surface area contributed by atoms with Crippen LogP contribution in [0.25, 0.3) is 0 Å². The molecule has 0 amide bonds. The highest BCUT2D eigenvalue weighted by Crippen LogP contribution is 2.12. The van der Waals surface area contributed by atoms with Gasteiger partial charge in [-0.1, -0.05) is 0 Å². The Morgan fingerprint density at radius 1 is 1.42 bits per heavy atom. The van der Waals surface area contributed by atoms with Gasteiger partial charge < -0.3 is 4.74 Å². The molecule has 0 bridgehead atoms. The topological polar surface area (TPSA) is 52.4 Å². The van der Waals surface area contributed by atoms with Gasteiger partial charge in [0.25, 0.3) is 5.69 Å². The van der Waals surface area contributed by atoms with Crippen molar-refractivity contribution in [3.63, 3.8) is 0 Å². The van der Waals surface area contributed by atoms with E-state index in [1.54, 1.807) is 12.1 Å². The van der Waals surface area contributed by atoms with Gasteiger partial charge >= 0.3 is 0 Å². The number of benzene rings is 1. The third-order valence-electron chi connectivity index (χ3n) is 1.42. The van der Waals surface area contributed by atoms with E-state index in [2.05, 4.69) is 11.8 Å². The molecule has 4 heteroatoms. The zero-order valence-corrected chi connectivity index (χ0v) is 6.40. The molecule has 12 heavy (non-hydrogen) atoms. The van der Waals surface area contributed by atoms with E-state index < -0.39 is 4.92 Å². The lowest BCUT2D eigenvalue weighted by Gasteiger charge is -1.97. The summed E-state index contributed by atoms with van der Waals surface area (Å²) in [4.78, 5) is 9.80. The summed E-state index contributed by atoms with van der Waals surface area (Å²) in [5.74, 6) is 0. The Bertz CT molecular complexity index is 268. The van der Waals surface area contributed by atoms with E-state index in [1.807, 2.05) is 0 Å². The van der Waals surface area contributed by atoms with Crippen molar-refractivity contribution in [3.8, 4) is 0 Å². The van der Waals surface area contributed by atoms with Crippen molar-refractivity contribution in [2.75, 3.05) is 0 Å². The molecule has 0 aliphatic rings. The number of nitro benzene ring substituents is 1. The highest BCUT2D eigenvalue weighted by molar-refractivity contribution is 5.32. The van der Waals surface area contributed by atoms with E-state index in [9.17, 15) is 10.1 Å². The molecule has 0 heterocycles. The molecule has 0 saturated carbocycles. The van der Waals surface area contributed by atoms with Crippen LogP contribution in [0.4, 0.5) is 5.69 Å². The van der Waals surface area contributed by atoms with Crippen LogP contribution in [-0.4, -0.2) is 4.92 Å². The molecule has 0 unspecified atom stereocenters. The summed E-state index contributed by atoms with van der Waals surface area (Å²) in [5, 5.41) is 10.2. The molecule has 0 spiro atoms. The van der Waals surface area contributed by atoms with Crippen molar-refractivity contribution in [2.24, 2.45) is 0 Å². The van der Waals surface area contributed by atoms with Crippen LogP contribution in [0.2, 0.25) is 0 Å². The van der Waals surface area contributed by atoms with Gasteiger partial charge in [-0.25, -0.2) is 0 Å². The summed E-state index contributed by atoms with van der Waals surface area (Å²) in [6.45, 7) is 0.373. The molecular weight excluding hydrogens is 158 g/mol. The molecule has 0 aromatic heterocycles. The first-order valence-electron chi connectivity index (χ1n) is 3.34. The third kappa shape index (κ3) is 2.03. The highest BCUT2D eigenvalue weighted by Gasteiger charge is 2.02. The molecule has 0 aliphatic carbocycles. The third-order valence-corrected chi connectivity index (χ3v) is 1.42. The number of hydrogen-bond acceptors (Lipinski definition) is 3. The van der Waals surface area contributed by atoms with E-state index in [0.717, 1.165) is 5.56 Å². The molecule has 63 valence electrons. The Balaban J connectivity index is 2.78. The molecule has 4 nitrogen and oxygen atoms in total. The molecule has 1 aromatic rings. The minimum atomic E-state index is -0.436. The predicted molar refractivity (Wildman–Crippen MR) is 43.2 cm³/mol. The number of ether oxygens (including phenoxy) is 1. The lowest BCUT2D eigenvalue weighted by atomic mass is 10.2. The van der Waals surface area contributed by atoms with E-state index in [4.69, 9.17) is 0 Å². The van der Waals surface area contributed by atoms with E-state index in [-0.39, 0.29) is 5.69 Å². The Labute approximate surface area is 69.9 Å².